The van der Waals surface area contributed by atoms with Crippen LogP contribution >= 0.6 is 24.8 Å². The minimum Gasteiger partial charge on any atom is -0.330 e. The number of halogens is 2. The molecule has 0 fully saturated rings. The van der Waals surface area contributed by atoms with Gasteiger partial charge < -0.3 is 16.4 Å². The van der Waals surface area contributed by atoms with Crippen LogP contribution in [0.4, 0.5) is 0 Å². The second-order valence-corrected chi connectivity index (χ2v) is 5.32. The third-order valence-electron chi connectivity index (χ3n) is 3.37. The van der Waals surface area contributed by atoms with Gasteiger partial charge in [0.2, 0.25) is 5.91 Å². The van der Waals surface area contributed by atoms with Crippen LogP contribution in [0.25, 0.3) is 0 Å². The highest BCUT2D eigenvalue weighted by atomic mass is 35.5. The average Bonchev–Trinajstić information content (AvgIpc) is 2.54. The van der Waals surface area contributed by atoms with E-state index in [1.165, 1.54) is 0 Å². The standard InChI is InChI=1S/C18H27N3O.2ClH/c1-2-14-21(18(22)17(20)12-6-7-13-19)15-8-11-16-9-4-3-5-10-16;;/h3-5,9-10,17H,2,6-7,12-15,19-20H2,1H3;2*1H/t17-;;/m0../s1. The van der Waals surface area contributed by atoms with Gasteiger partial charge >= 0.3 is 0 Å². The summed E-state index contributed by atoms with van der Waals surface area (Å²) in [6.07, 6.45) is 3.37. The van der Waals surface area contributed by atoms with Crippen molar-refractivity contribution < 1.29 is 4.79 Å². The molecule has 0 saturated heterocycles. The molecule has 0 aliphatic rings. The van der Waals surface area contributed by atoms with E-state index in [0.29, 0.717) is 26.1 Å². The number of nitrogens with two attached hydrogens (primary N) is 2. The fraction of sp³-hybridized carbons (Fsp3) is 0.500. The van der Waals surface area contributed by atoms with Crippen molar-refractivity contribution in [3.8, 4) is 11.8 Å². The van der Waals surface area contributed by atoms with E-state index >= 15 is 0 Å². The first kappa shape index (κ1) is 25.0. The van der Waals surface area contributed by atoms with Crippen molar-refractivity contribution in [2.24, 2.45) is 11.5 Å². The van der Waals surface area contributed by atoms with Gasteiger partial charge in [-0.1, -0.05) is 43.4 Å². The first-order valence-corrected chi connectivity index (χ1v) is 7.97. The van der Waals surface area contributed by atoms with Crippen molar-refractivity contribution >= 4 is 30.7 Å². The largest absolute Gasteiger partial charge is 0.330 e. The number of amides is 1. The summed E-state index contributed by atoms with van der Waals surface area (Å²) >= 11 is 0. The van der Waals surface area contributed by atoms with Crippen LogP contribution in [0.2, 0.25) is 0 Å². The van der Waals surface area contributed by atoms with Crippen molar-refractivity contribution in [1.82, 2.24) is 4.90 Å². The maximum absolute atomic E-state index is 12.4. The first-order chi connectivity index (χ1) is 10.7. The maximum atomic E-state index is 12.4. The Balaban J connectivity index is 0. The minimum absolute atomic E-state index is 0. The van der Waals surface area contributed by atoms with Crippen LogP contribution in [-0.2, 0) is 4.79 Å². The second-order valence-electron chi connectivity index (χ2n) is 5.32. The molecule has 0 radical (unpaired) electrons. The van der Waals surface area contributed by atoms with Gasteiger partial charge in [-0.15, -0.1) is 24.8 Å². The molecule has 1 aromatic carbocycles. The van der Waals surface area contributed by atoms with E-state index in [1.54, 1.807) is 4.90 Å². The Morgan fingerprint density at radius 3 is 2.46 bits per heavy atom. The number of unbranched alkanes of at least 4 members (excludes halogenated alkanes) is 1. The Labute approximate surface area is 158 Å². The Hall–Kier alpha value is -1.25. The van der Waals surface area contributed by atoms with E-state index < -0.39 is 6.04 Å². The third kappa shape index (κ3) is 9.79. The van der Waals surface area contributed by atoms with E-state index in [4.69, 9.17) is 11.5 Å². The molecule has 0 spiro atoms. The van der Waals surface area contributed by atoms with Gasteiger partial charge in [-0.2, -0.15) is 0 Å². The molecule has 1 amide bonds. The monoisotopic (exact) mass is 373 g/mol. The molecule has 0 aliphatic heterocycles. The Morgan fingerprint density at radius 2 is 1.88 bits per heavy atom. The first-order valence-electron chi connectivity index (χ1n) is 7.97. The average molecular weight is 374 g/mol. The highest BCUT2D eigenvalue weighted by molar-refractivity contribution is 5.85. The highest BCUT2D eigenvalue weighted by Gasteiger charge is 2.19. The molecular weight excluding hydrogens is 345 g/mol. The van der Waals surface area contributed by atoms with E-state index in [0.717, 1.165) is 24.8 Å². The second kappa shape index (κ2) is 15.3. The summed E-state index contributed by atoms with van der Waals surface area (Å²) in [6.45, 7) is 3.80. The Bertz CT molecular complexity index is 500. The summed E-state index contributed by atoms with van der Waals surface area (Å²) in [5, 5.41) is 0. The SMILES string of the molecule is CCCN(CC#Cc1ccccc1)C(=O)[C@@H](N)CCCCN.Cl.Cl. The van der Waals surface area contributed by atoms with E-state index in [2.05, 4.69) is 11.8 Å². The summed E-state index contributed by atoms with van der Waals surface area (Å²) in [6, 6.07) is 9.32. The summed E-state index contributed by atoms with van der Waals surface area (Å²) in [7, 11) is 0. The minimum atomic E-state index is -0.448. The molecule has 4 nitrogen and oxygen atoms in total. The van der Waals surface area contributed by atoms with Gasteiger partial charge in [0.25, 0.3) is 0 Å². The topological polar surface area (TPSA) is 72.3 Å². The molecule has 24 heavy (non-hydrogen) atoms. The van der Waals surface area contributed by atoms with Crippen molar-refractivity contribution in [2.75, 3.05) is 19.6 Å². The number of benzene rings is 1. The number of carbonyl (C=O) groups excluding carboxylic acids is 1. The van der Waals surface area contributed by atoms with E-state index in [1.807, 2.05) is 37.3 Å². The summed E-state index contributed by atoms with van der Waals surface area (Å²) in [4.78, 5) is 14.1. The molecule has 4 N–H and O–H groups in total. The van der Waals surface area contributed by atoms with Crippen molar-refractivity contribution in [3.05, 3.63) is 35.9 Å². The summed E-state index contributed by atoms with van der Waals surface area (Å²) in [5.41, 5.74) is 12.4. The van der Waals surface area contributed by atoms with Gasteiger partial charge in [-0.25, -0.2) is 0 Å². The Kier molecular flexibility index (Phi) is 15.9. The van der Waals surface area contributed by atoms with Crippen LogP contribution < -0.4 is 11.5 Å². The smallest absolute Gasteiger partial charge is 0.240 e. The zero-order valence-electron chi connectivity index (χ0n) is 14.2. The molecule has 0 aliphatic carbocycles. The third-order valence-corrected chi connectivity index (χ3v) is 3.37. The maximum Gasteiger partial charge on any atom is 0.240 e. The van der Waals surface area contributed by atoms with E-state index in [-0.39, 0.29) is 30.7 Å². The van der Waals surface area contributed by atoms with Crippen LogP contribution in [0.1, 0.15) is 38.2 Å². The van der Waals surface area contributed by atoms with Crippen LogP contribution in [-0.4, -0.2) is 36.5 Å². The molecule has 1 rings (SSSR count). The fourth-order valence-electron chi connectivity index (χ4n) is 2.16. The number of rotatable bonds is 8. The summed E-state index contributed by atoms with van der Waals surface area (Å²) < 4.78 is 0. The lowest BCUT2D eigenvalue weighted by molar-refractivity contribution is -0.132. The predicted molar refractivity (Wildman–Crippen MR) is 106 cm³/mol. The van der Waals surface area contributed by atoms with Gasteiger partial charge in [-0.05, 0) is 37.9 Å². The zero-order valence-corrected chi connectivity index (χ0v) is 15.9. The molecular formula is C18H29Cl2N3O. The molecule has 0 saturated carbocycles. The lowest BCUT2D eigenvalue weighted by Gasteiger charge is -2.23. The normalized spacial score (nSPS) is 10.5. The Morgan fingerprint density at radius 1 is 1.21 bits per heavy atom. The zero-order chi connectivity index (χ0) is 16.2. The molecule has 1 aromatic rings. The van der Waals surface area contributed by atoms with Crippen LogP contribution in [0, 0.1) is 11.8 Å². The molecule has 0 unspecified atom stereocenters. The van der Waals surface area contributed by atoms with Gasteiger partial charge in [0.15, 0.2) is 0 Å². The molecule has 6 heteroatoms. The van der Waals surface area contributed by atoms with E-state index in [9.17, 15) is 4.79 Å². The number of hydrogen-bond acceptors (Lipinski definition) is 3. The van der Waals surface area contributed by atoms with Gasteiger partial charge in [0, 0.05) is 12.1 Å². The van der Waals surface area contributed by atoms with Gasteiger partial charge in [0.1, 0.15) is 0 Å². The number of nitrogens with zero attached hydrogens (tertiary/aromatic N) is 1. The van der Waals surface area contributed by atoms with Crippen LogP contribution in [0.15, 0.2) is 30.3 Å². The van der Waals surface area contributed by atoms with Gasteiger partial charge in [0.05, 0.1) is 12.6 Å². The highest BCUT2D eigenvalue weighted by Crippen LogP contribution is 2.03. The molecule has 136 valence electrons. The lowest BCUT2D eigenvalue weighted by Crippen LogP contribution is -2.44. The van der Waals surface area contributed by atoms with Crippen molar-refractivity contribution in [2.45, 2.75) is 38.6 Å². The van der Waals surface area contributed by atoms with Crippen LogP contribution in [0.5, 0.6) is 0 Å². The molecule has 0 bridgehead atoms. The lowest BCUT2D eigenvalue weighted by atomic mass is 10.1. The summed E-state index contributed by atoms with van der Waals surface area (Å²) in [5.74, 6) is 6.13. The van der Waals surface area contributed by atoms with Crippen LogP contribution in [0.3, 0.4) is 0 Å². The molecule has 0 heterocycles. The van der Waals surface area contributed by atoms with Gasteiger partial charge in [-0.3, -0.25) is 4.79 Å². The predicted octanol–water partition coefficient (Wildman–Crippen LogP) is 2.58. The molecule has 1 atom stereocenters. The number of hydrogen-bond donors (Lipinski definition) is 2. The van der Waals surface area contributed by atoms with Crippen molar-refractivity contribution in [3.63, 3.8) is 0 Å². The number of carbonyl (C=O) groups is 1. The molecule has 0 aromatic heterocycles. The fourth-order valence-corrected chi connectivity index (χ4v) is 2.16. The van der Waals surface area contributed by atoms with Crippen molar-refractivity contribution in [1.29, 1.82) is 0 Å². The quantitative estimate of drug-likeness (QED) is 0.543.